The lowest BCUT2D eigenvalue weighted by Gasteiger charge is -2.29. The molecule has 184 valence electrons. The Morgan fingerprint density at radius 3 is 2.68 bits per heavy atom. The molecule has 0 saturated heterocycles. The van der Waals surface area contributed by atoms with Crippen LogP contribution in [0.5, 0.6) is 5.75 Å². The highest BCUT2D eigenvalue weighted by Gasteiger charge is 2.37. The van der Waals surface area contributed by atoms with Gasteiger partial charge in [-0.15, -0.1) is 11.8 Å². The summed E-state index contributed by atoms with van der Waals surface area (Å²) in [6.07, 6.45) is 4.44. The number of aliphatic carboxylic acids is 1. The Morgan fingerprint density at radius 2 is 2.06 bits per heavy atom. The molecule has 0 radical (unpaired) electrons. The Balaban J connectivity index is 2.23. The van der Waals surface area contributed by atoms with Crippen LogP contribution < -0.4 is 9.64 Å². The molecule has 0 fully saturated rings. The lowest BCUT2D eigenvalue weighted by molar-refractivity contribution is -0.134. The van der Waals surface area contributed by atoms with Crippen molar-refractivity contribution in [3.05, 3.63) is 54.3 Å². The maximum Gasteiger partial charge on any atom is 0.368 e. The zero-order valence-electron chi connectivity index (χ0n) is 19.0. The van der Waals surface area contributed by atoms with E-state index in [1.54, 1.807) is 29.4 Å². The summed E-state index contributed by atoms with van der Waals surface area (Å²) in [4.78, 5) is 12.9. The molecule has 1 unspecified atom stereocenters. The number of likely N-dealkylation sites (N-methyl/N-ethyl adjacent to an activating group) is 1. The van der Waals surface area contributed by atoms with E-state index in [0.717, 1.165) is 12.8 Å². The lowest BCUT2D eigenvalue weighted by Crippen LogP contribution is -2.40. The average molecular weight is 513 g/mol. The summed E-state index contributed by atoms with van der Waals surface area (Å²) in [6, 6.07) is 8.37. The van der Waals surface area contributed by atoms with Gasteiger partial charge in [0.2, 0.25) is 15.9 Å². The molecule has 0 spiro atoms. The molecule has 1 heterocycles. The summed E-state index contributed by atoms with van der Waals surface area (Å²) in [6.45, 7) is 2.32. The van der Waals surface area contributed by atoms with E-state index in [9.17, 15) is 22.0 Å². The number of fused-ring (bicyclic) bond motifs is 1. The fourth-order valence-corrected chi connectivity index (χ4v) is 5.84. The number of rotatable bonds is 8. The van der Waals surface area contributed by atoms with E-state index in [2.05, 4.69) is 0 Å². The Labute approximate surface area is 202 Å². The van der Waals surface area contributed by atoms with Crippen molar-refractivity contribution in [1.82, 2.24) is 4.31 Å². The van der Waals surface area contributed by atoms with E-state index in [4.69, 9.17) is 9.84 Å². The number of hydrogen-bond donors (Lipinski definition) is 1. The molecule has 0 bridgehead atoms. The number of nitrogens with zero attached hydrogens (tertiary/aromatic N) is 2. The third kappa shape index (κ3) is 5.37. The van der Waals surface area contributed by atoms with Gasteiger partial charge in [-0.25, -0.2) is 17.6 Å². The molecule has 1 aliphatic heterocycles. The van der Waals surface area contributed by atoms with Crippen molar-refractivity contribution in [3.8, 4) is 5.75 Å². The first-order chi connectivity index (χ1) is 16.1. The van der Waals surface area contributed by atoms with Crippen LogP contribution in [0.1, 0.15) is 26.2 Å². The number of sulfonamides is 1. The van der Waals surface area contributed by atoms with Crippen molar-refractivity contribution in [2.45, 2.75) is 42.0 Å². The van der Waals surface area contributed by atoms with Gasteiger partial charge in [0.05, 0.1) is 10.6 Å². The number of carbonyl (C=O) groups is 1. The summed E-state index contributed by atoms with van der Waals surface area (Å²) in [5.41, 5.74) is 0.821. The van der Waals surface area contributed by atoms with Crippen LogP contribution >= 0.6 is 11.8 Å². The molecular formula is C23H26F2N2O5S2. The Morgan fingerprint density at radius 1 is 1.32 bits per heavy atom. The predicted octanol–water partition coefficient (Wildman–Crippen LogP) is 5.15. The normalized spacial score (nSPS) is 18.3. The van der Waals surface area contributed by atoms with Crippen LogP contribution in [-0.4, -0.2) is 49.7 Å². The van der Waals surface area contributed by atoms with E-state index in [1.807, 2.05) is 6.92 Å². The minimum absolute atomic E-state index is 0.00849. The molecule has 1 aliphatic rings. The van der Waals surface area contributed by atoms with Gasteiger partial charge in [-0.05, 0) is 36.9 Å². The standard InChI is InChI=1S/C23H26F2N2O5S2/c1-4-5-8-17-13-27(16-9-6-7-15(24)10-16)19-11-21(33-3)20(32-14-18(25)23(28)29)12-22(19)34(30,31)26(17)2/h6-7,9-12,14,17H,4-5,8,13H2,1-3H3,(H,28,29)/b18-14-. The van der Waals surface area contributed by atoms with E-state index in [-0.39, 0.29) is 16.7 Å². The van der Waals surface area contributed by atoms with Gasteiger partial charge in [-0.2, -0.15) is 8.70 Å². The third-order valence-corrected chi connectivity index (χ3v) is 8.30. The number of halogens is 2. The van der Waals surface area contributed by atoms with Crippen LogP contribution in [0.4, 0.5) is 20.2 Å². The molecule has 3 rings (SSSR count). The molecular weight excluding hydrogens is 486 g/mol. The fraction of sp³-hybridized carbons (Fsp3) is 0.348. The van der Waals surface area contributed by atoms with Gasteiger partial charge in [0.15, 0.2) is 0 Å². The largest absolute Gasteiger partial charge is 0.476 e. The van der Waals surface area contributed by atoms with Crippen LogP contribution in [0.3, 0.4) is 0 Å². The molecule has 0 saturated carbocycles. The van der Waals surface area contributed by atoms with Crippen LogP contribution in [0, 0.1) is 5.82 Å². The SMILES string of the molecule is CCCCC1CN(c2cccc(F)c2)c2cc(SC)c(O/C=C(\F)C(=O)O)cc2S(=O)(=O)N1C. The maximum atomic E-state index is 14.1. The summed E-state index contributed by atoms with van der Waals surface area (Å²) >= 11 is 1.22. The third-order valence-electron chi connectivity index (χ3n) is 5.61. The molecule has 2 aromatic rings. The van der Waals surface area contributed by atoms with Gasteiger partial charge in [0, 0.05) is 31.4 Å². The van der Waals surface area contributed by atoms with Gasteiger partial charge >= 0.3 is 5.97 Å². The number of thioether (sulfide) groups is 1. The summed E-state index contributed by atoms with van der Waals surface area (Å²) in [5, 5.41) is 8.75. The van der Waals surface area contributed by atoms with Gasteiger partial charge in [-0.3, -0.25) is 0 Å². The monoisotopic (exact) mass is 512 g/mol. The Hall–Kier alpha value is -2.63. The number of benzene rings is 2. The van der Waals surface area contributed by atoms with Crippen LogP contribution in [0.25, 0.3) is 0 Å². The van der Waals surface area contributed by atoms with Gasteiger partial charge in [-0.1, -0.05) is 25.8 Å². The van der Waals surface area contributed by atoms with Crippen LogP contribution in [0.15, 0.2) is 58.3 Å². The summed E-state index contributed by atoms with van der Waals surface area (Å²) in [7, 11) is -2.51. The smallest absolute Gasteiger partial charge is 0.368 e. The summed E-state index contributed by atoms with van der Waals surface area (Å²) in [5.74, 6) is -3.79. The maximum absolute atomic E-state index is 14.1. The Bertz CT molecular complexity index is 1200. The number of ether oxygens (including phenoxy) is 1. The van der Waals surface area contributed by atoms with Crippen molar-refractivity contribution in [2.75, 3.05) is 24.7 Å². The van der Waals surface area contributed by atoms with Crippen molar-refractivity contribution in [1.29, 1.82) is 0 Å². The molecule has 1 atom stereocenters. The summed E-state index contributed by atoms with van der Waals surface area (Å²) < 4.78 is 61.4. The number of carboxylic acid groups (broad SMARTS) is 1. The molecule has 0 aliphatic carbocycles. The van der Waals surface area contributed by atoms with Crippen molar-refractivity contribution in [3.63, 3.8) is 0 Å². The highest BCUT2D eigenvalue weighted by molar-refractivity contribution is 7.98. The minimum Gasteiger partial charge on any atom is -0.476 e. The molecule has 0 aromatic heterocycles. The van der Waals surface area contributed by atoms with E-state index < -0.39 is 27.6 Å². The van der Waals surface area contributed by atoms with E-state index >= 15 is 0 Å². The fourth-order valence-electron chi connectivity index (χ4n) is 3.74. The van der Waals surface area contributed by atoms with Gasteiger partial charge in [0.25, 0.3) is 0 Å². The first-order valence-electron chi connectivity index (χ1n) is 10.6. The second kappa shape index (κ2) is 10.7. The van der Waals surface area contributed by atoms with Gasteiger partial charge in [0.1, 0.15) is 22.7 Å². The van der Waals surface area contributed by atoms with E-state index in [0.29, 0.717) is 35.5 Å². The van der Waals surface area contributed by atoms with Crippen LogP contribution in [0.2, 0.25) is 0 Å². The zero-order valence-corrected chi connectivity index (χ0v) is 20.6. The van der Waals surface area contributed by atoms with Crippen LogP contribution in [-0.2, 0) is 14.8 Å². The topological polar surface area (TPSA) is 87.1 Å². The number of anilines is 2. The number of unbranched alkanes of at least 4 members (excludes halogenated alkanes) is 1. The van der Waals surface area contributed by atoms with Crippen molar-refractivity contribution >= 4 is 39.1 Å². The number of carboxylic acids is 1. The molecule has 11 heteroatoms. The van der Waals surface area contributed by atoms with E-state index in [1.165, 1.54) is 41.3 Å². The lowest BCUT2D eigenvalue weighted by atomic mass is 10.1. The second-order valence-electron chi connectivity index (χ2n) is 7.77. The highest BCUT2D eigenvalue weighted by atomic mass is 32.2. The molecule has 34 heavy (non-hydrogen) atoms. The first kappa shape index (κ1) is 26.0. The first-order valence-corrected chi connectivity index (χ1v) is 13.2. The quantitative estimate of drug-likeness (QED) is 0.297. The van der Waals surface area contributed by atoms with Crippen molar-refractivity contribution in [2.24, 2.45) is 0 Å². The number of hydrogen-bond acceptors (Lipinski definition) is 6. The Kier molecular flexibility index (Phi) is 8.21. The predicted molar refractivity (Wildman–Crippen MR) is 127 cm³/mol. The minimum atomic E-state index is -4.01. The molecule has 7 nitrogen and oxygen atoms in total. The average Bonchev–Trinajstić information content (AvgIpc) is 2.88. The zero-order chi connectivity index (χ0) is 25.0. The molecule has 1 N–H and O–H groups in total. The van der Waals surface area contributed by atoms with Gasteiger partial charge < -0.3 is 14.7 Å². The second-order valence-corrected chi connectivity index (χ2v) is 10.6. The molecule has 2 aromatic carbocycles. The van der Waals surface area contributed by atoms with Crippen molar-refractivity contribution < 1.29 is 31.8 Å². The highest BCUT2D eigenvalue weighted by Crippen LogP contribution is 2.43. The molecule has 0 amide bonds.